The van der Waals surface area contributed by atoms with Crippen molar-refractivity contribution in [1.29, 1.82) is 0 Å². The topological polar surface area (TPSA) is 58.6 Å². The Morgan fingerprint density at radius 3 is 2.23 bits per heavy atom. The van der Waals surface area contributed by atoms with Crippen molar-refractivity contribution in [2.75, 3.05) is 7.11 Å². The minimum atomic E-state index is -0.644. The van der Waals surface area contributed by atoms with Gasteiger partial charge in [0, 0.05) is 12.1 Å². The number of aliphatic carboxylic acids is 1. The maximum Gasteiger partial charge on any atom is 0.306 e. The van der Waals surface area contributed by atoms with Gasteiger partial charge in [-0.05, 0) is 49.3 Å². The summed E-state index contributed by atoms with van der Waals surface area (Å²) in [6.07, 6.45) is 3.44. The van der Waals surface area contributed by atoms with Gasteiger partial charge in [-0.15, -0.1) is 0 Å². The second-order valence-corrected chi connectivity index (χ2v) is 6.55. The van der Waals surface area contributed by atoms with E-state index in [0.717, 1.165) is 31.4 Å². The molecule has 0 aliphatic heterocycles. The Morgan fingerprint density at radius 2 is 1.77 bits per heavy atom. The number of carboxylic acids is 1. The Balaban J connectivity index is 1.99. The van der Waals surface area contributed by atoms with E-state index >= 15 is 0 Å². The first-order chi connectivity index (χ1) is 10.5. The monoisotopic (exact) mass is 305 g/mol. The molecule has 122 valence electrons. The normalized spacial score (nSPS) is 23.3. The number of carboxylic acid groups (broad SMARTS) is 1. The average molecular weight is 305 g/mol. The van der Waals surface area contributed by atoms with Gasteiger partial charge in [-0.2, -0.15) is 0 Å². The van der Waals surface area contributed by atoms with Crippen molar-refractivity contribution < 1.29 is 14.6 Å². The van der Waals surface area contributed by atoms with Gasteiger partial charge in [-0.3, -0.25) is 4.79 Å². The minimum Gasteiger partial charge on any atom is -0.497 e. The number of ether oxygens (including phenoxy) is 1. The summed E-state index contributed by atoms with van der Waals surface area (Å²) in [7, 11) is 1.67. The maximum atomic E-state index is 11.0. The first kappa shape index (κ1) is 16.8. The highest BCUT2D eigenvalue weighted by molar-refractivity contribution is 5.70. The Kier molecular flexibility index (Phi) is 5.83. The van der Waals surface area contributed by atoms with E-state index in [1.807, 2.05) is 12.1 Å². The van der Waals surface area contributed by atoms with Gasteiger partial charge in [-0.1, -0.05) is 26.0 Å². The standard InChI is InChI=1S/C18H27NO3/c1-12(2)17(13-6-10-16(22-3)11-7-13)19-15-8-4-14(5-9-15)18(20)21/h6-7,10-12,14-15,17,19H,4-5,8-9H2,1-3H3,(H,20,21). The summed E-state index contributed by atoms with van der Waals surface area (Å²) in [5.74, 6) is 0.546. The lowest BCUT2D eigenvalue weighted by atomic mass is 9.84. The summed E-state index contributed by atoms with van der Waals surface area (Å²) in [6, 6.07) is 8.91. The highest BCUT2D eigenvalue weighted by Gasteiger charge is 2.28. The van der Waals surface area contributed by atoms with Crippen LogP contribution in [-0.4, -0.2) is 24.2 Å². The molecule has 0 amide bonds. The summed E-state index contributed by atoms with van der Waals surface area (Å²) >= 11 is 0. The number of hydrogen-bond acceptors (Lipinski definition) is 3. The Bertz CT molecular complexity index is 476. The van der Waals surface area contributed by atoms with Gasteiger partial charge in [0.1, 0.15) is 5.75 Å². The number of nitrogens with one attached hydrogen (secondary N) is 1. The van der Waals surface area contributed by atoms with Crippen LogP contribution in [0.25, 0.3) is 0 Å². The van der Waals surface area contributed by atoms with Gasteiger partial charge >= 0.3 is 5.97 Å². The molecule has 0 aromatic heterocycles. The second kappa shape index (κ2) is 7.63. The van der Waals surface area contributed by atoms with Crippen LogP contribution in [0.4, 0.5) is 0 Å². The molecule has 2 rings (SSSR count). The fourth-order valence-corrected chi connectivity index (χ4v) is 3.25. The van der Waals surface area contributed by atoms with Gasteiger partial charge in [0.25, 0.3) is 0 Å². The highest BCUT2D eigenvalue weighted by atomic mass is 16.5. The summed E-state index contributed by atoms with van der Waals surface area (Å²) in [5.41, 5.74) is 1.26. The number of carbonyl (C=O) groups is 1. The van der Waals surface area contributed by atoms with Crippen molar-refractivity contribution in [1.82, 2.24) is 5.32 Å². The predicted octanol–water partition coefficient (Wildman–Crippen LogP) is 3.63. The van der Waals surface area contributed by atoms with Crippen LogP contribution in [0.2, 0.25) is 0 Å². The van der Waals surface area contributed by atoms with E-state index in [9.17, 15) is 4.79 Å². The molecule has 0 heterocycles. The largest absolute Gasteiger partial charge is 0.497 e. The first-order valence-corrected chi connectivity index (χ1v) is 8.14. The Hall–Kier alpha value is -1.55. The maximum absolute atomic E-state index is 11.0. The highest BCUT2D eigenvalue weighted by Crippen LogP contribution is 2.29. The van der Waals surface area contributed by atoms with Gasteiger partial charge < -0.3 is 15.2 Å². The van der Waals surface area contributed by atoms with Crippen LogP contribution < -0.4 is 10.1 Å². The van der Waals surface area contributed by atoms with E-state index in [1.165, 1.54) is 5.56 Å². The number of rotatable bonds is 6. The van der Waals surface area contributed by atoms with E-state index in [4.69, 9.17) is 9.84 Å². The van der Waals surface area contributed by atoms with Crippen LogP contribution in [-0.2, 0) is 4.79 Å². The third-order valence-electron chi connectivity index (χ3n) is 4.63. The van der Waals surface area contributed by atoms with E-state index in [0.29, 0.717) is 12.0 Å². The first-order valence-electron chi connectivity index (χ1n) is 8.14. The number of methoxy groups -OCH3 is 1. The van der Waals surface area contributed by atoms with Gasteiger partial charge in [0.15, 0.2) is 0 Å². The summed E-state index contributed by atoms with van der Waals surface area (Å²) < 4.78 is 5.22. The molecule has 4 nitrogen and oxygen atoms in total. The molecular weight excluding hydrogens is 278 g/mol. The van der Waals surface area contributed by atoms with Crippen molar-refractivity contribution in [2.24, 2.45) is 11.8 Å². The van der Waals surface area contributed by atoms with Crippen LogP contribution in [0.1, 0.15) is 51.1 Å². The molecule has 1 aromatic carbocycles. The van der Waals surface area contributed by atoms with Gasteiger partial charge in [-0.25, -0.2) is 0 Å². The minimum absolute atomic E-state index is 0.156. The van der Waals surface area contributed by atoms with Crippen LogP contribution in [0.15, 0.2) is 24.3 Å². The SMILES string of the molecule is COc1ccc(C(NC2CCC(C(=O)O)CC2)C(C)C)cc1. The lowest BCUT2D eigenvalue weighted by Crippen LogP contribution is -2.39. The van der Waals surface area contributed by atoms with Crippen LogP contribution in [0, 0.1) is 11.8 Å². The fourth-order valence-electron chi connectivity index (χ4n) is 3.25. The summed E-state index contributed by atoms with van der Waals surface area (Å²) in [5, 5.41) is 12.8. The lowest BCUT2D eigenvalue weighted by Gasteiger charge is -2.33. The molecule has 1 aromatic rings. The number of hydrogen-bond donors (Lipinski definition) is 2. The van der Waals surface area contributed by atoms with E-state index < -0.39 is 5.97 Å². The zero-order valence-corrected chi connectivity index (χ0v) is 13.7. The molecule has 1 aliphatic carbocycles. The average Bonchev–Trinajstić information content (AvgIpc) is 2.53. The summed E-state index contributed by atoms with van der Waals surface area (Å²) in [6.45, 7) is 4.43. The third kappa shape index (κ3) is 4.23. The van der Waals surface area contributed by atoms with Crippen LogP contribution in [0.3, 0.4) is 0 Å². The van der Waals surface area contributed by atoms with Crippen molar-refractivity contribution in [3.8, 4) is 5.75 Å². The summed E-state index contributed by atoms with van der Waals surface area (Å²) in [4.78, 5) is 11.0. The third-order valence-corrected chi connectivity index (χ3v) is 4.63. The van der Waals surface area contributed by atoms with Crippen molar-refractivity contribution in [3.63, 3.8) is 0 Å². The van der Waals surface area contributed by atoms with Crippen molar-refractivity contribution >= 4 is 5.97 Å². The van der Waals surface area contributed by atoms with Gasteiger partial charge in [0.2, 0.25) is 0 Å². The molecule has 1 aliphatic rings. The predicted molar refractivity (Wildman–Crippen MR) is 87.1 cm³/mol. The van der Waals surface area contributed by atoms with Gasteiger partial charge in [0.05, 0.1) is 13.0 Å². The number of benzene rings is 1. The Labute approximate surface area is 132 Å². The zero-order chi connectivity index (χ0) is 16.1. The van der Waals surface area contributed by atoms with E-state index in [-0.39, 0.29) is 12.0 Å². The molecule has 1 saturated carbocycles. The lowest BCUT2D eigenvalue weighted by molar-refractivity contribution is -0.142. The smallest absolute Gasteiger partial charge is 0.306 e. The van der Waals surface area contributed by atoms with Crippen molar-refractivity contribution in [2.45, 2.75) is 51.6 Å². The van der Waals surface area contributed by atoms with E-state index in [1.54, 1.807) is 7.11 Å². The van der Waals surface area contributed by atoms with E-state index in [2.05, 4.69) is 31.3 Å². The Morgan fingerprint density at radius 1 is 1.18 bits per heavy atom. The molecule has 22 heavy (non-hydrogen) atoms. The molecule has 1 unspecified atom stereocenters. The zero-order valence-electron chi connectivity index (χ0n) is 13.7. The molecule has 0 saturated heterocycles. The van der Waals surface area contributed by atoms with Crippen LogP contribution >= 0.6 is 0 Å². The molecule has 0 radical (unpaired) electrons. The van der Waals surface area contributed by atoms with Crippen LogP contribution in [0.5, 0.6) is 5.75 Å². The molecule has 0 bridgehead atoms. The second-order valence-electron chi connectivity index (χ2n) is 6.55. The molecule has 4 heteroatoms. The quantitative estimate of drug-likeness (QED) is 0.842. The molecular formula is C18H27NO3. The molecule has 0 spiro atoms. The molecule has 2 N–H and O–H groups in total. The molecule has 1 atom stereocenters. The van der Waals surface area contributed by atoms with Crippen molar-refractivity contribution in [3.05, 3.63) is 29.8 Å². The fraction of sp³-hybridized carbons (Fsp3) is 0.611. The molecule has 1 fully saturated rings.